The Kier molecular flexibility index (Phi) is 2.15. The molecular weight excluding hydrogens is 196 g/mol. The van der Waals surface area contributed by atoms with E-state index in [9.17, 15) is 4.79 Å². The first-order valence-corrected chi connectivity index (χ1v) is 4.69. The van der Waals surface area contributed by atoms with Gasteiger partial charge in [0.2, 0.25) is 5.75 Å². The highest BCUT2D eigenvalue weighted by Crippen LogP contribution is 2.28. The zero-order chi connectivity index (χ0) is 11.1. The third-order valence-electron chi connectivity index (χ3n) is 2.40. The molecule has 2 rings (SSSR count). The Morgan fingerprint density at radius 3 is 2.87 bits per heavy atom. The first kappa shape index (κ1) is 9.97. The molecule has 0 bridgehead atoms. The van der Waals surface area contributed by atoms with Crippen molar-refractivity contribution in [1.29, 1.82) is 0 Å². The molecule has 1 aliphatic heterocycles. The van der Waals surface area contributed by atoms with Crippen molar-refractivity contribution in [3.8, 4) is 5.75 Å². The minimum atomic E-state index is -0.270. The molecule has 0 amide bonds. The van der Waals surface area contributed by atoms with Gasteiger partial charge in [-0.2, -0.15) is 0 Å². The van der Waals surface area contributed by atoms with Gasteiger partial charge in [-0.25, -0.2) is 4.98 Å². The van der Waals surface area contributed by atoms with Gasteiger partial charge in [-0.3, -0.25) is 4.79 Å². The van der Waals surface area contributed by atoms with Gasteiger partial charge in [0, 0.05) is 18.6 Å². The minimum absolute atomic E-state index is 0.199. The molecule has 82 valence electrons. The number of hydrogen-bond donors (Lipinski definition) is 2. The summed E-state index contributed by atoms with van der Waals surface area (Å²) in [7, 11) is 1.46. The normalized spacial score (nSPS) is 18.5. The molecule has 1 aromatic heterocycles. The molecule has 1 aliphatic rings. The summed E-state index contributed by atoms with van der Waals surface area (Å²) < 4.78 is 5.01. The number of ether oxygens (including phenoxy) is 1. The monoisotopic (exact) mass is 210 g/mol. The van der Waals surface area contributed by atoms with Gasteiger partial charge < -0.3 is 20.4 Å². The fraction of sp³-hybridized carbons (Fsp3) is 0.556. The Morgan fingerprint density at radius 1 is 1.67 bits per heavy atom. The molecule has 3 N–H and O–H groups in total. The predicted octanol–water partition coefficient (Wildman–Crippen LogP) is -0.684. The SMILES string of the molecule is COc1c(N2CC(C)(N)C2)nc[nH]c1=O. The Labute approximate surface area is 87.1 Å². The van der Waals surface area contributed by atoms with Gasteiger partial charge in [0.1, 0.15) is 0 Å². The molecule has 1 aromatic rings. The van der Waals surface area contributed by atoms with Crippen LogP contribution in [-0.2, 0) is 0 Å². The van der Waals surface area contributed by atoms with Gasteiger partial charge in [0.15, 0.2) is 5.82 Å². The van der Waals surface area contributed by atoms with Crippen LogP contribution in [-0.4, -0.2) is 35.7 Å². The van der Waals surface area contributed by atoms with E-state index in [1.807, 2.05) is 11.8 Å². The van der Waals surface area contributed by atoms with E-state index in [2.05, 4.69) is 9.97 Å². The summed E-state index contributed by atoms with van der Waals surface area (Å²) in [5, 5.41) is 0. The zero-order valence-electron chi connectivity index (χ0n) is 8.78. The molecule has 0 aromatic carbocycles. The third kappa shape index (κ3) is 1.68. The molecule has 0 atom stereocenters. The highest BCUT2D eigenvalue weighted by molar-refractivity contribution is 5.54. The number of aromatic amines is 1. The summed E-state index contributed by atoms with van der Waals surface area (Å²) >= 11 is 0. The molecule has 0 saturated carbocycles. The largest absolute Gasteiger partial charge is 0.489 e. The van der Waals surface area contributed by atoms with Crippen LogP contribution < -0.4 is 20.9 Å². The number of aromatic nitrogens is 2. The maximum atomic E-state index is 11.4. The second kappa shape index (κ2) is 3.23. The van der Waals surface area contributed by atoms with Crippen LogP contribution in [0.4, 0.5) is 5.82 Å². The molecule has 0 radical (unpaired) electrons. The molecule has 6 heteroatoms. The maximum absolute atomic E-state index is 11.4. The summed E-state index contributed by atoms with van der Waals surface area (Å²) in [5.41, 5.74) is 5.41. The number of nitrogens with zero attached hydrogens (tertiary/aromatic N) is 2. The summed E-state index contributed by atoms with van der Waals surface area (Å²) in [6.45, 7) is 3.32. The van der Waals surface area contributed by atoms with Crippen LogP contribution in [0.5, 0.6) is 5.75 Å². The Hall–Kier alpha value is -1.56. The molecule has 6 nitrogen and oxygen atoms in total. The van der Waals surface area contributed by atoms with Crippen LogP contribution in [0.25, 0.3) is 0 Å². The second-order valence-corrected chi connectivity index (χ2v) is 4.10. The van der Waals surface area contributed by atoms with Crippen LogP contribution in [0.15, 0.2) is 11.1 Å². The first-order valence-electron chi connectivity index (χ1n) is 4.69. The van der Waals surface area contributed by atoms with Crippen LogP contribution in [0.1, 0.15) is 6.92 Å². The summed E-state index contributed by atoms with van der Waals surface area (Å²) in [6, 6.07) is 0. The van der Waals surface area contributed by atoms with Gasteiger partial charge in [-0.1, -0.05) is 0 Å². The second-order valence-electron chi connectivity index (χ2n) is 4.10. The molecule has 0 unspecified atom stereocenters. The topological polar surface area (TPSA) is 84.2 Å². The molecule has 0 aliphatic carbocycles. The third-order valence-corrected chi connectivity index (χ3v) is 2.40. The standard InChI is InChI=1S/C9H14N4O2/c1-9(10)3-13(4-9)7-6(15-2)8(14)12-5-11-7/h5H,3-4,10H2,1-2H3,(H,11,12,14). The fourth-order valence-corrected chi connectivity index (χ4v) is 1.76. The minimum Gasteiger partial charge on any atom is -0.489 e. The number of rotatable bonds is 2. The van der Waals surface area contributed by atoms with Crippen molar-refractivity contribution in [2.24, 2.45) is 5.73 Å². The van der Waals surface area contributed by atoms with E-state index in [0.717, 1.165) is 0 Å². The zero-order valence-corrected chi connectivity index (χ0v) is 8.78. The van der Waals surface area contributed by atoms with E-state index in [4.69, 9.17) is 10.5 Å². The van der Waals surface area contributed by atoms with E-state index in [0.29, 0.717) is 18.9 Å². The lowest BCUT2D eigenvalue weighted by atomic mass is 9.94. The molecule has 0 spiro atoms. The van der Waals surface area contributed by atoms with Crippen molar-refractivity contribution in [3.05, 3.63) is 16.7 Å². The number of nitrogens with two attached hydrogens (primary N) is 1. The van der Waals surface area contributed by atoms with Crippen molar-refractivity contribution in [2.75, 3.05) is 25.1 Å². The van der Waals surface area contributed by atoms with Crippen LogP contribution in [0.3, 0.4) is 0 Å². The molecule has 2 heterocycles. The number of H-pyrrole nitrogens is 1. The smallest absolute Gasteiger partial charge is 0.295 e. The predicted molar refractivity (Wildman–Crippen MR) is 56.2 cm³/mol. The van der Waals surface area contributed by atoms with Crippen LogP contribution in [0, 0.1) is 0 Å². The Morgan fingerprint density at radius 2 is 2.33 bits per heavy atom. The summed E-state index contributed by atoms with van der Waals surface area (Å²) in [5.74, 6) is 0.803. The number of anilines is 1. The van der Waals surface area contributed by atoms with E-state index < -0.39 is 0 Å². The molecule has 1 saturated heterocycles. The van der Waals surface area contributed by atoms with Crippen LogP contribution >= 0.6 is 0 Å². The van der Waals surface area contributed by atoms with Crippen molar-refractivity contribution < 1.29 is 4.74 Å². The quantitative estimate of drug-likeness (QED) is 0.675. The van der Waals surface area contributed by atoms with Gasteiger partial charge in [-0.05, 0) is 6.92 Å². The number of hydrogen-bond acceptors (Lipinski definition) is 5. The van der Waals surface area contributed by atoms with E-state index in [1.54, 1.807) is 0 Å². The first-order chi connectivity index (χ1) is 7.03. The van der Waals surface area contributed by atoms with Crippen molar-refractivity contribution in [1.82, 2.24) is 9.97 Å². The highest BCUT2D eigenvalue weighted by Gasteiger charge is 2.37. The number of nitrogens with one attached hydrogen (secondary N) is 1. The molecular formula is C9H14N4O2. The lowest BCUT2D eigenvalue weighted by molar-refractivity contribution is 0.350. The Bertz CT molecular complexity index is 418. The van der Waals surface area contributed by atoms with Gasteiger partial charge in [-0.15, -0.1) is 0 Å². The summed E-state index contributed by atoms with van der Waals surface area (Å²) in [4.78, 5) is 19.9. The highest BCUT2D eigenvalue weighted by atomic mass is 16.5. The molecule has 15 heavy (non-hydrogen) atoms. The fourth-order valence-electron chi connectivity index (χ4n) is 1.76. The van der Waals surface area contributed by atoms with Gasteiger partial charge >= 0.3 is 0 Å². The maximum Gasteiger partial charge on any atom is 0.295 e. The number of methoxy groups -OCH3 is 1. The van der Waals surface area contributed by atoms with Crippen molar-refractivity contribution in [3.63, 3.8) is 0 Å². The van der Waals surface area contributed by atoms with Crippen molar-refractivity contribution in [2.45, 2.75) is 12.5 Å². The van der Waals surface area contributed by atoms with Gasteiger partial charge in [0.25, 0.3) is 5.56 Å². The van der Waals surface area contributed by atoms with Gasteiger partial charge in [0.05, 0.1) is 13.4 Å². The summed E-state index contributed by atoms with van der Waals surface area (Å²) in [6.07, 6.45) is 1.37. The average Bonchev–Trinajstić information content (AvgIpc) is 2.13. The van der Waals surface area contributed by atoms with E-state index in [1.165, 1.54) is 13.4 Å². The Balaban J connectivity index is 2.30. The van der Waals surface area contributed by atoms with E-state index in [-0.39, 0.29) is 16.8 Å². The van der Waals surface area contributed by atoms with Crippen LogP contribution in [0.2, 0.25) is 0 Å². The average molecular weight is 210 g/mol. The van der Waals surface area contributed by atoms with E-state index >= 15 is 0 Å². The van der Waals surface area contributed by atoms with Crippen molar-refractivity contribution >= 4 is 5.82 Å². The lowest BCUT2D eigenvalue weighted by Gasteiger charge is -2.46. The molecule has 1 fully saturated rings. The lowest BCUT2D eigenvalue weighted by Crippen LogP contribution is -2.66.